The maximum absolute atomic E-state index is 9.27. The molecule has 0 unspecified atom stereocenters. The highest BCUT2D eigenvalue weighted by Gasteiger charge is 2.49. The van der Waals surface area contributed by atoms with E-state index >= 15 is 0 Å². The summed E-state index contributed by atoms with van der Waals surface area (Å²) in [5, 5.41) is 28.4. The van der Waals surface area contributed by atoms with Crippen LogP contribution in [-0.2, 0) is 11.2 Å². The van der Waals surface area contributed by atoms with Crippen LogP contribution in [0.1, 0.15) is 75.3 Å². The fraction of sp³-hybridized carbons (Fsp3) is 0.400. The van der Waals surface area contributed by atoms with Crippen LogP contribution in [0.3, 0.4) is 0 Å². The van der Waals surface area contributed by atoms with Crippen molar-refractivity contribution in [3.8, 4) is 50.8 Å². The van der Waals surface area contributed by atoms with Crippen LogP contribution in [0.25, 0.3) is 25.7 Å². The minimum Gasteiger partial charge on any atom is -0.465 e. The van der Waals surface area contributed by atoms with Gasteiger partial charge in [0.05, 0.1) is 0 Å². The Hall–Kier alpha value is -4.62. The van der Waals surface area contributed by atoms with Gasteiger partial charge in [0.2, 0.25) is 22.6 Å². The minimum absolute atomic E-state index is 0.248. The number of fused-ring (bicyclic) bond motifs is 8. The van der Waals surface area contributed by atoms with Crippen molar-refractivity contribution in [3.63, 3.8) is 0 Å². The Balaban J connectivity index is 1.47. The average molecular weight is 591 g/mol. The third-order valence-electron chi connectivity index (χ3n) is 8.53. The molecule has 2 aliphatic carbocycles. The summed E-state index contributed by atoms with van der Waals surface area (Å²) in [7, 11) is 0. The van der Waals surface area contributed by atoms with Crippen LogP contribution in [-0.4, -0.2) is 21.5 Å². The number of hydrogen-bond acceptors (Lipinski definition) is 11. The number of nitrogens with zero attached hydrogens (tertiary/aromatic N) is 8. The molecule has 10 nitrogen and oxygen atoms in total. The molecular formula is C30H22N8O2S2. The normalized spacial score (nSPS) is 18.8. The first-order chi connectivity index (χ1) is 20.5. The molecule has 2 aromatic heterocycles. The molecule has 7 rings (SSSR count). The second kappa shape index (κ2) is 10.0. The predicted molar refractivity (Wildman–Crippen MR) is 157 cm³/mol. The van der Waals surface area contributed by atoms with Crippen LogP contribution in [0.5, 0.6) is 11.8 Å². The lowest BCUT2D eigenvalue weighted by molar-refractivity contribution is 0.0163. The molecule has 2 aliphatic heterocycles. The molecule has 4 heterocycles. The number of nitriles is 3. The van der Waals surface area contributed by atoms with E-state index in [4.69, 9.17) is 16.0 Å². The molecule has 0 atom stereocenters. The fourth-order valence-corrected chi connectivity index (χ4v) is 8.50. The molecule has 42 heavy (non-hydrogen) atoms. The van der Waals surface area contributed by atoms with Crippen LogP contribution in [0, 0.1) is 40.6 Å². The van der Waals surface area contributed by atoms with E-state index in [-0.39, 0.29) is 11.5 Å². The number of benzene rings is 1. The van der Waals surface area contributed by atoms with E-state index in [0.717, 1.165) is 96.2 Å². The van der Waals surface area contributed by atoms with Crippen molar-refractivity contribution in [1.29, 1.82) is 15.8 Å². The smallest absolute Gasteiger partial charge is 0.352 e. The Morgan fingerprint density at radius 2 is 1.24 bits per heavy atom. The minimum atomic E-state index is -0.556. The van der Waals surface area contributed by atoms with Gasteiger partial charge in [-0.3, -0.25) is 0 Å². The van der Waals surface area contributed by atoms with E-state index in [2.05, 4.69) is 36.9 Å². The Kier molecular flexibility index (Phi) is 6.28. The highest BCUT2D eigenvalue weighted by molar-refractivity contribution is 7.19. The van der Waals surface area contributed by atoms with Crippen molar-refractivity contribution < 1.29 is 9.47 Å². The second-order valence-corrected chi connectivity index (χ2v) is 12.8. The number of rotatable bonds is 2. The summed E-state index contributed by atoms with van der Waals surface area (Å²) < 4.78 is 13.5. The van der Waals surface area contributed by atoms with Crippen LogP contribution in [0.15, 0.2) is 22.1 Å². The Bertz CT molecular complexity index is 1690. The van der Waals surface area contributed by atoms with E-state index < -0.39 is 11.2 Å². The molecule has 2 saturated carbocycles. The van der Waals surface area contributed by atoms with Crippen LogP contribution in [0.2, 0.25) is 0 Å². The highest BCUT2D eigenvalue weighted by Crippen LogP contribution is 2.60. The number of ether oxygens (including phenoxy) is 2. The van der Waals surface area contributed by atoms with Crippen LogP contribution >= 0.6 is 22.7 Å². The lowest BCUT2D eigenvalue weighted by atomic mass is 9.71. The van der Waals surface area contributed by atoms with E-state index in [1.54, 1.807) is 0 Å². The summed E-state index contributed by atoms with van der Waals surface area (Å²) >= 11 is 2.64. The molecule has 2 fully saturated rings. The van der Waals surface area contributed by atoms with E-state index in [1.807, 2.05) is 18.2 Å². The second-order valence-electron chi connectivity index (χ2n) is 10.9. The number of amidine groups is 1. The number of hydrogen-bond donors (Lipinski definition) is 0. The van der Waals surface area contributed by atoms with Crippen molar-refractivity contribution in [2.75, 3.05) is 0 Å². The van der Waals surface area contributed by atoms with Gasteiger partial charge in [-0.05, 0) is 63.5 Å². The average Bonchev–Trinajstić information content (AvgIpc) is 3.62. The molecule has 206 valence electrons. The van der Waals surface area contributed by atoms with Crippen LogP contribution < -0.4 is 9.47 Å². The number of aromatic nitrogens is 2. The molecule has 0 amide bonds. The lowest BCUT2D eigenvalue weighted by Crippen LogP contribution is -2.40. The van der Waals surface area contributed by atoms with Gasteiger partial charge in [0, 0.05) is 22.3 Å². The zero-order chi connectivity index (χ0) is 28.9. The molecule has 0 bridgehead atoms. The van der Waals surface area contributed by atoms with Crippen molar-refractivity contribution in [2.24, 2.45) is 9.98 Å². The van der Waals surface area contributed by atoms with Gasteiger partial charge in [0.25, 0.3) is 0 Å². The first kappa shape index (κ1) is 26.3. The summed E-state index contributed by atoms with van der Waals surface area (Å²) in [6, 6.07) is 9.93. The molecule has 2 spiro atoms. The molecule has 4 aliphatic rings. The van der Waals surface area contributed by atoms with Crippen molar-refractivity contribution in [2.45, 2.75) is 75.4 Å². The summed E-state index contributed by atoms with van der Waals surface area (Å²) in [5.41, 5.74) is 2.89. The first-order valence-corrected chi connectivity index (χ1v) is 15.5. The first-order valence-electron chi connectivity index (χ1n) is 13.9. The Labute approximate surface area is 250 Å². The van der Waals surface area contributed by atoms with Crippen molar-refractivity contribution in [3.05, 3.63) is 34.7 Å². The van der Waals surface area contributed by atoms with Gasteiger partial charge in [-0.15, -0.1) is 0 Å². The number of thiazole rings is 2. The van der Waals surface area contributed by atoms with Gasteiger partial charge in [0.1, 0.15) is 39.2 Å². The Morgan fingerprint density at radius 3 is 1.67 bits per heavy atom. The maximum atomic E-state index is 9.27. The summed E-state index contributed by atoms with van der Waals surface area (Å²) in [4.78, 5) is 22.5. The van der Waals surface area contributed by atoms with E-state index in [9.17, 15) is 15.8 Å². The molecule has 12 heteroatoms. The maximum Gasteiger partial charge on any atom is 0.352 e. The van der Waals surface area contributed by atoms with Gasteiger partial charge in [-0.25, -0.2) is 5.26 Å². The third-order valence-corrected chi connectivity index (χ3v) is 10.5. The lowest BCUT2D eigenvalue weighted by Gasteiger charge is -2.45. The highest BCUT2D eigenvalue weighted by atomic mass is 32.1. The van der Waals surface area contributed by atoms with Crippen molar-refractivity contribution >= 4 is 44.5 Å². The molecule has 0 saturated heterocycles. The quantitative estimate of drug-likeness (QED) is 0.169. The molecule has 1 aromatic carbocycles. The topological polar surface area (TPSA) is 145 Å². The largest absolute Gasteiger partial charge is 0.465 e. The predicted octanol–water partition coefficient (Wildman–Crippen LogP) is 7.63. The van der Waals surface area contributed by atoms with Gasteiger partial charge in [-0.2, -0.15) is 25.5 Å². The van der Waals surface area contributed by atoms with Crippen molar-refractivity contribution in [1.82, 2.24) is 9.97 Å². The third kappa shape index (κ3) is 4.07. The van der Waals surface area contributed by atoms with Crippen LogP contribution in [0.4, 0.5) is 10.3 Å². The molecule has 0 radical (unpaired) electrons. The monoisotopic (exact) mass is 590 g/mol. The standard InChI is InChI=1S/C30H22N8O2S2/c1-34-22(16-33)36-28-38-26-24(42-28)19-13-20-18(12-21(19)30(40-26)10-6-3-7-11-30)23-25(39-29(20)8-4-2-5-9-29)37-27(41-23)35-17(14-31)15-32/h12-13H,2-11H2. The summed E-state index contributed by atoms with van der Waals surface area (Å²) in [6.07, 6.45) is 9.77. The Morgan fingerprint density at radius 1 is 0.762 bits per heavy atom. The van der Waals surface area contributed by atoms with Gasteiger partial charge < -0.3 is 14.3 Å². The van der Waals surface area contributed by atoms with Gasteiger partial charge in [0.15, 0.2) is 0 Å². The van der Waals surface area contributed by atoms with E-state index in [1.165, 1.54) is 22.7 Å². The zero-order valence-corrected chi connectivity index (χ0v) is 24.1. The summed E-state index contributed by atoms with van der Waals surface area (Å²) in [6.45, 7) is 7.24. The SMILES string of the molecule is [C-]#[N+]C(C#N)=Nc1nc2c(s1)-c1cc3c(cc1C1(CCCCC1)O2)-c1sc(N=C(C#N)C#N)nc1OC31CCCCC1. The molecule has 0 N–H and O–H groups in total. The zero-order valence-electron chi connectivity index (χ0n) is 22.4. The molecular weight excluding hydrogens is 569 g/mol. The van der Waals surface area contributed by atoms with Gasteiger partial charge in [-0.1, -0.05) is 47.1 Å². The summed E-state index contributed by atoms with van der Waals surface area (Å²) in [5.74, 6) is 0.734. The molecule has 3 aromatic rings. The number of aliphatic imine (C=N–C) groups is 2. The fourth-order valence-electron chi connectivity index (χ4n) is 6.70. The van der Waals surface area contributed by atoms with E-state index in [0.29, 0.717) is 22.0 Å². The van der Waals surface area contributed by atoms with Gasteiger partial charge >= 0.3 is 11.0 Å².